The number of hydrogen-bond donors (Lipinski definition) is 2. The molecular weight excluding hydrogens is 440 g/mol. The topological polar surface area (TPSA) is 88.5 Å². The molecule has 0 saturated carbocycles. The van der Waals surface area contributed by atoms with E-state index < -0.39 is 11.4 Å². The van der Waals surface area contributed by atoms with Crippen molar-refractivity contribution in [3.63, 3.8) is 0 Å². The van der Waals surface area contributed by atoms with Gasteiger partial charge in [0, 0.05) is 12.1 Å². The minimum absolute atomic E-state index is 0.0588. The molecule has 1 amide bonds. The van der Waals surface area contributed by atoms with Crippen LogP contribution in [0.3, 0.4) is 0 Å². The molecular formula is C29H32N2O4. The number of rotatable bonds is 11. The van der Waals surface area contributed by atoms with Crippen molar-refractivity contribution in [1.29, 1.82) is 0 Å². The number of carboxylic acids is 1. The number of carbonyl (C=O) groups is 2. The number of aryl methyl sites for hydroxylation is 1. The standard InChI is InChI=1S/C29H32N2O4/c1-4-29(5-2,28(33)34)19-27(32)31-24-10-6-8-22(18-24)14-15-23-9-7-11-25(30-23)20-35-26-16-12-21(3)13-17-26/h6-18H,4-5,19-20H2,1-3H3,(H,31,32)(H,33,34). The summed E-state index contributed by atoms with van der Waals surface area (Å²) < 4.78 is 5.82. The van der Waals surface area contributed by atoms with E-state index >= 15 is 0 Å². The zero-order chi connectivity index (χ0) is 25.3. The predicted octanol–water partition coefficient (Wildman–Crippen LogP) is 6.36. The van der Waals surface area contributed by atoms with Crippen molar-refractivity contribution in [1.82, 2.24) is 4.98 Å². The van der Waals surface area contributed by atoms with Gasteiger partial charge in [0.15, 0.2) is 0 Å². The van der Waals surface area contributed by atoms with Crippen molar-refractivity contribution in [2.24, 2.45) is 5.41 Å². The largest absolute Gasteiger partial charge is 0.487 e. The number of aliphatic carboxylic acids is 1. The number of anilines is 1. The molecule has 182 valence electrons. The lowest BCUT2D eigenvalue weighted by molar-refractivity contribution is -0.151. The number of amides is 1. The van der Waals surface area contributed by atoms with E-state index in [-0.39, 0.29) is 12.3 Å². The van der Waals surface area contributed by atoms with Gasteiger partial charge in [0.2, 0.25) is 5.91 Å². The maximum absolute atomic E-state index is 12.5. The van der Waals surface area contributed by atoms with Gasteiger partial charge < -0.3 is 15.2 Å². The van der Waals surface area contributed by atoms with Crippen LogP contribution in [-0.2, 0) is 16.2 Å². The number of nitrogens with one attached hydrogen (secondary N) is 1. The fourth-order valence-electron chi connectivity index (χ4n) is 3.76. The third-order valence-electron chi connectivity index (χ3n) is 6.16. The molecule has 0 atom stereocenters. The van der Waals surface area contributed by atoms with Crippen molar-refractivity contribution >= 4 is 29.7 Å². The van der Waals surface area contributed by atoms with Crippen LogP contribution in [0.4, 0.5) is 5.69 Å². The summed E-state index contributed by atoms with van der Waals surface area (Å²) >= 11 is 0. The van der Waals surface area contributed by atoms with Gasteiger partial charge >= 0.3 is 5.97 Å². The smallest absolute Gasteiger partial charge is 0.310 e. The lowest BCUT2D eigenvalue weighted by Crippen LogP contribution is -2.34. The number of benzene rings is 2. The molecule has 1 aromatic heterocycles. The van der Waals surface area contributed by atoms with Crippen molar-refractivity contribution in [2.45, 2.75) is 46.6 Å². The van der Waals surface area contributed by atoms with Crippen LogP contribution in [0.15, 0.2) is 66.7 Å². The van der Waals surface area contributed by atoms with Crippen LogP contribution < -0.4 is 10.1 Å². The number of pyridine rings is 1. The Kier molecular flexibility index (Phi) is 8.79. The molecule has 6 nitrogen and oxygen atoms in total. The van der Waals surface area contributed by atoms with E-state index in [0.29, 0.717) is 25.1 Å². The second-order valence-electron chi connectivity index (χ2n) is 8.63. The zero-order valence-corrected chi connectivity index (χ0v) is 20.5. The number of carboxylic acid groups (broad SMARTS) is 1. The third-order valence-corrected chi connectivity index (χ3v) is 6.16. The van der Waals surface area contributed by atoms with Gasteiger partial charge in [0.25, 0.3) is 0 Å². The normalized spacial score (nSPS) is 11.4. The van der Waals surface area contributed by atoms with Crippen molar-refractivity contribution in [2.75, 3.05) is 5.32 Å². The number of carbonyl (C=O) groups excluding carboxylic acids is 1. The van der Waals surface area contributed by atoms with E-state index in [9.17, 15) is 14.7 Å². The summed E-state index contributed by atoms with van der Waals surface area (Å²) in [4.78, 5) is 28.9. The fraction of sp³-hybridized carbons (Fsp3) is 0.276. The SMILES string of the molecule is CCC(CC)(CC(=O)Nc1cccc(C=Cc2cccc(COc3ccc(C)cc3)n2)c1)C(=O)O. The summed E-state index contributed by atoms with van der Waals surface area (Å²) in [6.45, 7) is 6.01. The first-order valence-electron chi connectivity index (χ1n) is 11.8. The van der Waals surface area contributed by atoms with E-state index in [0.717, 1.165) is 22.7 Å². The maximum Gasteiger partial charge on any atom is 0.310 e. The minimum atomic E-state index is -1.04. The Morgan fingerprint density at radius 1 is 1.00 bits per heavy atom. The van der Waals surface area contributed by atoms with Gasteiger partial charge in [-0.15, -0.1) is 0 Å². The van der Waals surface area contributed by atoms with Gasteiger partial charge in [-0.05, 0) is 67.8 Å². The molecule has 0 spiro atoms. The Balaban J connectivity index is 1.63. The lowest BCUT2D eigenvalue weighted by Gasteiger charge is -2.25. The summed E-state index contributed by atoms with van der Waals surface area (Å²) in [5.74, 6) is -0.441. The molecule has 0 radical (unpaired) electrons. The zero-order valence-electron chi connectivity index (χ0n) is 20.5. The lowest BCUT2D eigenvalue weighted by atomic mass is 9.79. The molecule has 0 bridgehead atoms. The first-order chi connectivity index (χ1) is 16.8. The molecule has 3 aromatic rings. The second kappa shape index (κ2) is 12.0. The number of ether oxygens (including phenoxy) is 1. The second-order valence-corrected chi connectivity index (χ2v) is 8.63. The molecule has 0 aliphatic heterocycles. The maximum atomic E-state index is 12.5. The summed E-state index contributed by atoms with van der Waals surface area (Å²) in [7, 11) is 0. The van der Waals surface area contributed by atoms with E-state index in [1.807, 2.05) is 79.7 Å². The number of nitrogens with zero attached hydrogens (tertiary/aromatic N) is 1. The Hall–Kier alpha value is -3.93. The summed E-state index contributed by atoms with van der Waals surface area (Å²) in [5, 5.41) is 12.4. The highest BCUT2D eigenvalue weighted by Gasteiger charge is 2.37. The molecule has 0 aliphatic rings. The van der Waals surface area contributed by atoms with Gasteiger partial charge in [-0.2, -0.15) is 0 Å². The summed E-state index contributed by atoms with van der Waals surface area (Å²) in [6.07, 6.45) is 4.56. The fourth-order valence-corrected chi connectivity index (χ4v) is 3.76. The summed E-state index contributed by atoms with van der Waals surface area (Å²) in [6, 6.07) is 21.1. The van der Waals surface area contributed by atoms with Crippen LogP contribution in [0, 0.1) is 12.3 Å². The van der Waals surface area contributed by atoms with Crippen LogP contribution in [0.1, 0.15) is 55.6 Å². The molecule has 3 rings (SSSR count). The average Bonchev–Trinajstić information content (AvgIpc) is 2.86. The number of hydrogen-bond acceptors (Lipinski definition) is 4. The monoisotopic (exact) mass is 472 g/mol. The Morgan fingerprint density at radius 2 is 1.71 bits per heavy atom. The van der Waals surface area contributed by atoms with Crippen LogP contribution >= 0.6 is 0 Å². The molecule has 0 unspecified atom stereocenters. The van der Waals surface area contributed by atoms with Crippen LogP contribution in [0.5, 0.6) is 5.75 Å². The van der Waals surface area contributed by atoms with Crippen LogP contribution in [0.25, 0.3) is 12.2 Å². The first kappa shape index (κ1) is 25.7. The Morgan fingerprint density at radius 3 is 2.40 bits per heavy atom. The van der Waals surface area contributed by atoms with Crippen molar-refractivity contribution in [3.05, 3.63) is 89.2 Å². The van der Waals surface area contributed by atoms with Gasteiger partial charge in [-0.1, -0.05) is 55.8 Å². The minimum Gasteiger partial charge on any atom is -0.487 e. The molecule has 1 heterocycles. The predicted molar refractivity (Wildman–Crippen MR) is 139 cm³/mol. The average molecular weight is 473 g/mol. The quantitative estimate of drug-likeness (QED) is 0.339. The highest BCUT2D eigenvalue weighted by atomic mass is 16.5. The molecule has 2 aromatic carbocycles. The summed E-state index contributed by atoms with van der Waals surface area (Å²) in [5.41, 5.74) is 3.27. The van der Waals surface area contributed by atoms with Gasteiger partial charge in [0.1, 0.15) is 12.4 Å². The van der Waals surface area contributed by atoms with E-state index in [1.165, 1.54) is 5.56 Å². The molecule has 35 heavy (non-hydrogen) atoms. The molecule has 6 heteroatoms. The first-order valence-corrected chi connectivity index (χ1v) is 11.8. The van der Waals surface area contributed by atoms with E-state index in [2.05, 4.69) is 10.3 Å². The highest BCUT2D eigenvalue weighted by Crippen LogP contribution is 2.31. The van der Waals surface area contributed by atoms with Gasteiger partial charge in [-0.3, -0.25) is 9.59 Å². The molecule has 0 aliphatic carbocycles. The van der Waals surface area contributed by atoms with Gasteiger partial charge in [0.05, 0.1) is 16.8 Å². The Bertz CT molecular complexity index is 1180. The molecule has 0 fully saturated rings. The van der Waals surface area contributed by atoms with Crippen molar-refractivity contribution < 1.29 is 19.4 Å². The van der Waals surface area contributed by atoms with E-state index in [4.69, 9.17) is 4.74 Å². The van der Waals surface area contributed by atoms with Gasteiger partial charge in [-0.25, -0.2) is 4.98 Å². The van der Waals surface area contributed by atoms with Crippen molar-refractivity contribution in [3.8, 4) is 5.75 Å². The van der Waals surface area contributed by atoms with Crippen LogP contribution in [-0.4, -0.2) is 22.0 Å². The van der Waals surface area contributed by atoms with Crippen LogP contribution in [0.2, 0.25) is 0 Å². The molecule has 0 saturated heterocycles. The molecule has 2 N–H and O–H groups in total. The number of aromatic nitrogens is 1. The van der Waals surface area contributed by atoms with E-state index in [1.54, 1.807) is 19.9 Å². The highest BCUT2D eigenvalue weighted by molar-refractivity contribution is 5.94. The Labute approximate surface area is 206 Å². The third kappa shape index (κ3) is 7.27.